The zero-order valence-electron chi connectivity index (χ0n) is 9.26. The summed E-state index contributed by atoms with van der Waals surface area (Å²) >= 11 is 0. The molecule has 0 aromatic heterocycles. The highest BCUT2D eigenvalue weighted by Crippen LogP contribution is 2.09. The van der Waals surface area contributed by atoms with Crippen LogP contribution < -0.4 is 5.32 Å². The first-order valence-corrected chi connectivity index (χ1v) is 6.83. The first-order valence-electron chi connectivity index (χ1n) is 5.18. The fourth-order valence-electron chi connectivity index (χ4n) is 1.25. The van der Waals surface area contributed by atoms with Crippen LogP contribution in [0.3, 0.4) is 0 Å². The molecular weight excluding hydrogens is 226 g/mol. The molecule has 16 heavy (non-hydrogen) atoms. The monoisotopic (exact) mass is 243 g/mol. The molecule has 1 unspecified atom stereocenters. The van der Waals surface area contributed by atoms with E-state index >= 15 is 0 Å². The van der Waals surface area contributed by atoms with E-state index in [2.05, 4.69) is 5.32 Å². The second kappa shape index (κ2) is 5.98. The van der Waals surface area contributed by atoms with Crippen molar-refractivity contribution in [2.75, 3.05) is 18.9 Å². The minimum absolute atomic E-state index is 0.00534. The molecule has 0 amide bonds. The van der Waals surface area contributed by atoms with Crippen LogP contribution in [-0.4, -0.2) is 38.5 Å². The quantitative estimate of drug-likeness (QED) is 0.760. The van der Waals surface area contributed by atoms with E-state index in [0.29, 0.717) is 11.4 Å². The van der Waals surface area contributed by atoms with E-state index in [9.17, 15) is 8.42 Å². The van der Waals surface area contributed by atoms with Crippen LogP contribution in [0.2, 0.25) is 0 Å². The van der Waals surface area contributed by atoms with Crippen LogP contribution in [0.4, 0.5) is 0 Å². The highest BCUT2D eigenvalue weighted by molar-refractivity contribution is 7.91. The van der Waals surface area contributed by atoms with Gasteiger partial charge < -0.3 is 10.4 Å². The van der Waals surface area contributed by atoms with Crippen LogP contribution >= 0.6 is 0 Å². The van der Waals surface area contributed by atoms with Gasteiger partial charge in [-0.1, -0.05) is 18.2 Å². The van der Waals surface area contributed by atoms with Gasteiger partial charge in [0.2, 0.25) is 0 Å². The van der Waals surface area contributed by atoms with Crippen molar-refractivity contribution in [3.8, 4) is 0 Å². The third-order valence-electron chi connectivity index (χ3n) is 2.24. The molecule has 0 radical (unpaired) electrons. The Labute approximate surface area is 96.2 Å². The van der Waals surface area contributed by atoms with Gasteiger partial charge in [-0.3, -0.25) is 0 Å². The van der Waals surface area contributed by atoms with Gasteiger partial charge in [-0.25, -0.2) is 8.42 Å². The number of hydrogen-bond acceptors (Lipinski definition) is 4. The minimum Gasteiger partial charge on any atom is -0.395 e. The van der Waals surface area contributed by atoms with Crippen molar-refractivity contribution in [1.82, 2.24) is 5.32 Å². The number of nitrogens with one attached hydrogen (secondary N) is 1. The summed E-state index contributed by atoms with van der Waals surface area (Å²) in [6, 6.07) is 8.29. The Morgan fingerprint density at radius 1 is 1.31 bits per heavy atom. The van der Waals surface area contributed by atoms with Crippen molar-refractivity contribution in [2.24, 2.45) is 0 Å². The maximum absolute atomic E-state index is 11.8. The standard InChI is InChI=1S/C11H17NO3S/c1-10(9-13)12-7-8-16(14,15)11-5-3-2-4-6-11/h2-6,10,12-13H,7-9H2,1H3. The van der Waals surface area contributed by atoms with Crippen molar-refractivity contribution in [3.05, 3.63) is 30.3 Å². The van der Waals surface area contributed by atoms with Gasteiger partial charge in [-0.2, -0.15) is 0 Å². The van der Waals surface area contributed by atoms with E-state index in [4.69, 9.17) is 5.11 Å². The Balaban J connectivity index is 2.54. The number of hydrogen-bond donors (Lipinski definition) is 2. The van der Waals surface area contributed by atoms with Crippen molar-refractivity contribution < 1.29 is 13.5 Å². The second-order valence-corrected chi connectivity index (χ2v) is 5.78. The normalized spacial score (nSPS) is 13.6. The molecule has 1 atom stereocenters. The minimum atomic E-state index is -3.21. The molecule has 0 fully saturated rings. The summed E-state index contributed by atoms with van der Waals surface area (Å²) in [7, 11) is -3.21. The van der Waals surface area contributed by atoms with Crippen LogP contribution in [0, 0.1) is 0 Å². The van der Waals surface area contributed by atoms with Gasteiger partial charge in [0.25, 0.3) is 0 Å². The Morgan fingerprint density at radius 3 is 2.50 bits per heavy atom. The summed E-state index contributed by atoms with van der Waals surface area (Å²) in [4.78, 5) is 0.341. The van der Waals surface area contributed by atoms with Gasteiger partial charge in [0.05, 0.1) is 17.3 Å². The highest BCUT2D eigenvalue weighted by Gasteiger charge is 2.13. The molecule has 1 aromatic rings. The summed E-state index contributed by atoms with van der Waals surface area (Å²) in [5.41, 5.74) is 0. The molecule has 2 N–H and O–H groups in total. The molecule has 0 aliphatic rings. The van der Waals surface area contributed by atoms with E-state index in [1.807, 2.05) is 0 Å². The molecule has 0 saturated carbocycles. The molecular formula is C11H17NO3S. The summed E-state index contributed by atoms with van der Waals surface area (Å²) in [6.07, 6.45) is 0. The van der Waals surface area contributed by atoms with Gasteiger partial charge in [-0.15, -0.1) is 0 Å². The van der Waals surface area contributed by atoms with E-state index < -0.39 is 9.84 Å². The molecule has 0 heterocycles. The SMILES string of the molecule is CC(CO)NCCS(=O)(=O)c1ccccc1. The zero-order chi connectivity index (χ0) is 12.0. The summed E-state index contributed by atoms with van der Waals surface area (Å²) in [6.45, 7) is 2.15. The van der Waals surface area contributed by atoms with Gasteiger partial charge >= 0.3 is 0 Å². The number of benzene rings is 1. The average molecular weight is 243 g/mol. The Bertz CT molecular complexity index is 402. The van der Waals surface area contributed by atoms with Gasteiger partial charge in [0, 0.05) is 12.6 Å². The zero-order valence-corrected chi connectivity index (χ0v) is 10.1. The van der Waals surface area contributed by atoms with Crippen molar-refractivity contribution in [2.45, 2.75) is 17.9 Å². The second-order valence-electron chi connectivity index (χ2n) is 3.67. The number of rotatable bonds is 6. The van der Waals surface area contributed by atoms with E-state index in [0.717, 1.165) is 0 Å². The summed E-state index contributed by atoms with van der Waals surface area (Å²) in [5, 5.41) is 11.7. The van der Waals surface area contributed by atoms with Crippen molar-refractivity contribution in [1.29, 1.82) is 0 Å². The Morgan fingerprint density at radius 2 is 1.94 bits per heavy atom. The van der Waals surface area contributed by atoms with Gasteiger partial charge in [-0.05, 0) is 19.1 Å². The van der Waals surface area contributed by atoms with Crippen LogP contribution in [0.5, 0.6) is 0 Å². The lowest BCUT2D eigenvalue weighted by atomic mass is 10.4. The third kappa shape index (κ3) is 3.92. The fraction of sp³-hybridized carbons (Fsp3) is 0.455. The van der Waals surface area contributed by atoms with Crippen molar-refractivity contribution >= 4 is 9.84 Å². The Hall–Kier alpha value is -0.910. The Kier molecular flexibility index (Phi) is 4.92. The lowest BCUT2D eigenvalue weighted by Gasteiger charge is -2.10. The van der Waals surface area contributed by atoms with Gasteiger partial charge in [0.15, 0.2) is 9.84 Å². The summed E-state index contributed by atoms with van der Waals surface area (Å²) in [5.74, 6) is 0.0430. The third-order valence-corrected chi connectivity index (χ3v) is 3.97. The van der Waals surface area contributed by atoms with E-state index in [1.54, 1.807) is 37.3 Å². The van der Waals surface area contributed by atoms with Crippen LogP contribution in [0.1, 0.15) is 6.92 Å². The van der Waals surface area contributed by atoms with Crippen LogP contribution in [-0.2, 0) is 9.84 Å². The summed E-state index contributed by atoms with van der Waals surface area (Å²) < 4.78 is 23.6. The number of aliphatic hydroxyl groups is 1. The van der Waals surface area contributed by atoms with E-state index in [-0.39, 0.29) is 18.4 Å². The van der Waals surface area contributed by atoms with Crippen molar-refractivity contribution in [3.63, 3.8) is 0 Å². The maximum atomic E-state index is 11.8. The molecule has 4 nitrogen and oxygen atoms in total. The van der Waals surface area contributed by atoms with Gasteiger partial charge in [0.1, 0.15) is 0 Å². The smallest absolute Gasteiger partial charge is 0.179 e. The molecule has 5 heteroatoms. The molecule has 0 spiro atoms. The predicted molar refractivity (Wildman–Crippen MR) is 63.0 cm³/mol. The highest BCUT2D eigenvalue weighted by atomic mass is 32.2. The van der Waals surface area contributed by atoms with Crippen LogP contribution in [0.15, 0.2) is 35.2 Å². The molecule has 1 aromatic carbocycles. The average Bonchev–Trinajstić information content (AvgIpc) is 2.30. The topological polar surface area (TPSA) is 66.4 Å². The maximum Gasteiger partial charge on any atom is 0.179 e. The molecule has 0 bridgehead atoms. The molecule has 1 rings (SSSR count). The first kappa shape index (κ1) is 13.2. The lowest BCUT2D eigenvalue weighted by molar-refractivity contribution is 0.253. The predicted octanol–water partition coefficient (Wildman–Crippen LogP) is 0.431. The molecule has 0 aliphatic carbocycles. The number of aliphatic hydroxyl groups excluding tert-OH is 1. The number of sulfone groups is 1. The molecule has 0 aliphatic heterocycles. The first-order chi connectivity index (χ1) is 7.56. The fourth-order valence-corrected chi connectivity index (χ4v) is 2.44. The molecule has 0 saturated heterocycles. The van der Waals surface area contributed by atoms with Crippen LogP contribution in [0.25, 0.3) is 0 Å². The largest absolute Gasteiger partial charge is 0.395 e. The molecule has 90 valence electrons. The van der Waals surface area contributed by atoms with E-state index in [1.165, 1.54) is 0 Å². The lowest BCUT2D eigenvalue weighted by Crippen LogP contribution is -2.33.